The Labute approximate surface area is 221 Å². The molecule has 0 aliphatic heterocycles. The molecule has 0 nitrogen and oxygen atoms in total. The predicted octanol–water partition coefficient (Wildman–Crippen LogP) is 9.61. The van der Waals surface area contributed by atoms with Crippen LogP contribution < -0.4 is 0 Å². The SMILES string of the molecule is CC1=C(C)C2(CC3(CCCC3)CC13c1ccccc1-c1ccccc13)c1ccccc1-c1ccccc12. The predicted molar refractivity (Wildman–Crippen MR) is 154 cm³/mol. The number of benzene rings is 4. The first-order valence-corrected chi connectivity index (χ1v) is 14.2. The summed E-state index contributed by atoms with van der Waals surface area (Å²) in [5, 5.41) is 0. The summed E-state index contributed by atoms with van der Waals surface area (Å²) < 4.78 is 0. The molecule has 4 aliphatic carbocycles. The molecular formula is C37H34. The van der Waals surface area contributed by atoms with Crippen LogP contribution in [-0.2, 0) is 10.8 Å². The summed E-state index contributed by atoms with van der Waals surface area (Å²) in [5.41, 5.74) is 15.3. The number of hydrogen-bond acceptors (Lipinski definition) is 0. The van der Waals surface area contributed by atoms with Gasteiger partial charge in [0.1, 0.15) is 0 Å². The van der Waals surface area contributed by atoms with Gasteiger partial charge in [-0.05, 0) is 89.5 Å². The zero-order valence-electron chi connectivity index (χ0n) is 22.0. The van der Waals surface area contributed by atoms with Crippen LogP contribution in [0.15, 0.2) is 108 Å². The molecule has 0 heterocycles. The molecule has 3 spiro atoms. The van der Waals surface area contributed by atoms with Crippen molar-refractivity contribution in [3.8, 4) is 22.3 Å². The van der Waals surface area contributed by atoms with Crippen LogP contribution in [0.3, 0.4) is 0 Å². The standard InChI is InChI=1S/C37H34/c1-25-26(2)37(33-19-9-5-15-29(33)30-16-6-10-20-34(30)37)24-35(21-11-12-22-35)23-36(25)31-17-7-3-13-27(31)28-14-4-8-18-32(28)36/h3-10,13-20H,11-12,21-24H2,1-2H3. The fourth-order valence-corrected chi connectivity index (χ4v) is 9.41. The van der Waals surface area contributed by atoms with E-state index in [4.69, 9.17) is 0 Å². The molecule has 0 amide bonds. The van der Waals surface area contributed by atoms with Crippen LogP contribution in [-0.4, -0.2) is 0 Å². The zero-order chi connectivity index (χ0) is 24.8. The van der Waals surface area contributed by atoms with Crippen molar-refractivity contribution in [3.05, 3.63) is 130 Å². The molecule has 4 aromatic rings. The maximum absolute atomic E-state index is 2.49. The van der Waals surface area contributed by atoms with Gasteiger partial charge in [0.2, 0.25) is 0 Å². The third-order valence-electron chi connectivity index (χ3n) is 10.9. The van der Waals surface area contributed by atoms with E-state index in [1.165, 1.54) is 83.0 Å². The molecule has 0 atom stereocenters. The van der Waals surface area contributed by atoms with Gasteiger partial charge in [0.15, 0.2) is 0 Å². The van der Waals surface area contributed by atoms with Crippen LogP contribution in [0.4, 0.5) is 0 Å². The van der Waals surface area contributed by atoms with E-state index >= 15 is 0 Å². The Hall–Kier alpha value is -3.38. The quantitative estimate of drug-likeness (QED) is 0.221. The summed E-state index contributed by atoms with van der Waals surface area (Å²) in [6.45, 7) is 4.99. The van der Waals surface area contributed by atoms with E-state index < -0.39 is 0 Å². The van der Waals surface area contributed by atoms with Crippen LogP contribution in [0, 0.1) is 5.41 Å². The van der Waals surface area contributed by atoms with Crippen LogP contribution in [0.25, 0.3) is 22.3 Å². The van der Waals surface area contributed by atoms with E-state index in [-0.39, 0.29) is 10.8 Å². The Morgan fingerprint density at radius 1 is 0.432 bits per heavy atom. The molecule has 0 heteroatoms. The molecule has 0 saturated heterocycles. The van der Waals surface area contributed by atoms with E-state index in [9.17, 15) is 0 Å². The van der Waals surface area contributed by atoms with Gasteiger partial charge in [0.25, 0.3) is 0 Å². The minimum atomic E-state index is -0.0579. The maximum atomic E-state index is 2.49. The molecule has 0 aromatic heterocycles. The number of allylic oxidation sites excluding steroid dienone is 2. The van der Waals surface area contributed by atoms with E-state index in [1.807, 2.05) is 0 Å². The van der Waals surface area contributed by atoms with Crippen molar-refractivity contribution in [1.29, 1.82) is 0 Å². The Morgan fingerprint density at radius 3 is 1.05 bits per heavy atom. The smallest absolute Gasteiger partial charge is 0.0428 e. The first-order valence-electron chi connectivity index (χ1n) is 14.2. The van der Waals surface area contributed by atoms with Crippen LogP contribution in [0.5, 0.6) is 0 Å². The molecule has 0 bridgehead atoms. The highest BCUT2D eigenvalue weighted by Crippen LogP contribution is 2.69. The molecule has 4 aromatic carbocycles. The maximum Gasteiger partial charge on any atom is 0.0428 e. The van der Waals surface area contributed by atoms with Crippen molar-refractivity contribution in [2.45, 2.75) is 63.2 Å². The lowest BCUT2D eigenvalue weighted by Gasteiger charge is -2.42. The van der Waals surface area contributed by atoms with Crippen molar-refractivity contribution in [1.82, 2.24) is 0 Å². The topological polar surface area (TPSA) is 0 Å². The zero-order valence-corrected chi connectivity index (χ0v) is 22.0. The number of fused-ring (bicyclic) bond motifs is 10. The summed E-state index contributed by atoms with van der Waals surface area (Å²) in [4.78, 5) is 0. The third-order valence-corrected chi connectivity index (χ3v) is 10.9. The Bertz CT molecular complexity index is 1400. The van der Waals surface area contributed by atoms with Crippen LogP contribution >= 0.6 is 0 Å². The molecule has 8 rings (SSSR count). The molecule has 37 heavy (non-hydrogen) atoms. The summed E-state index contributed by atoms with van der Waals surface area (Å²) in [5.74, 6) is 0. The first kappa shape index (κ1) is 21.7. The van der Waals surface area contributed by atoms with E-state index in [0.717, 1.165) is 0 Å². The summed E-state index contributed by atoms with van der Waals surface area (Å²) in [7, 11) is 0. The Kier molecular flexibility index (Phi) is 4.31. The van der Waals surface area contributed by atoms with Crippen molar-refractivity contribution in [2.75, 3.05) is 0 Å². The molecule has 0 N–H and O–H groups in total. The lowest BCUT2D eigenvalue weighted by Crippen LogP contribution is -2.35. The van der Waals surface area contributed by atoms with E-state index in [2.05, 4.69) is 111 Å². The fourth-order valence-electron chi connectivity index (χ4n) is 9.41. The van der Waals surface area contributed by atoms with Gasteiger partial charge in [-0.15, -0.1) is 0 Å². The monoisotopic (exact) mass is 478 g/mol. The lowest BCUT2D eigenvalue weighted by molar-refractivity contribution is 0.194. The molecule has 4 aliphatic rings. The molecule has 1 fully saturated rings. The van der Waals surface area contributed by atoms with Gasteiger partial charge in [-0.25, -0.2) is 0 Å². The molecule has 1 saturated carbocycles. The third kappa shape index (κ3) is 2.55. The van der Waals surface area contributed by atoms with Gasteiger partial charge in [0.05, 0.1) is 0 Å². The van der Waals surface area contributed by atoms with E-state index in [0.29, 0.717) is 5.41 Å². The number of hydrogen-bond donors (Lipinski definition) is 0. The second-order valence-corrected chi connectivity index (χ2v) is 12.3. The minimum Gasteiger partial charge on any atom is -0.0619 e. The molecule has 0 unspecified atom stereocenters. The number of rotatable bonds is 0. The lowest BCUT2D eigenvalue weighted by atomic mass is 9.61. The highest BCUT2D eigenvalue weighted by molar-refractivity contribution is 5.86. The van der Waals surface area contributed by atoms with Crippen LogP contribution in [0.2, 0.25) is 0 Å². The van der Waals surface area contributed by atoms with Gasteiger partial charge >= 0.3 is 0 Å². The second kappa shape index (κ2) is 7.35. The fraction of sp³-hybridized carbons (Fsp3) is 0.297. The summed E-state index contributed by atoms with van der Waals surface area (Å²) in [6.07, 6.45) is 7.84. The van der Waals surface area contributed by atoms with Crippen molar-refractivity contribution in [2.24, 2.45) is 5.41 Å². The highest BCUT2D eigenvalue weighted by atomic mass is 14.6. The average molecular weight is 479 g/mol. The summed E-state index contributed by atoms with van der Waals surface area (Å²) in [6, 6.07) is 37.3. The molecule has 182 valence electrons. The van der Waals surface area contributed by atoms with Crippen molar-refractivity contribution < 1.29 is 0 Å². The molecule has 0 radical (unpaired) electrons. The minimum absolute atomic E-state index is 0.0579. The largest absolute Gasteiger partial charge is 0.0619 e. The van der Waals surface area contributed by atoms with Gasteiger partial charge < -0.3 is 0 Å². The normalized spacial score (nSPS) is 21.1. The van der Waals surface area contributed by atoms with Gasteiger partial charge in [-0.3, -0.25) is 0 Å². The van der Waals surface area contributed by atoms with Gasteiger partial charge in [-0.2, -0.15) is 0 Å². The second-order valence-electron chi connectivity index (χ2n) is 12.3. The van der Waals surface area contributed by atoms with E-state index in [1.54, 1.807) is 11.1 Å². The van der Waals surface area contributed by atoms with Crippen molar-refractivity contribution in [3.63, 3.8) is 0 Å². The Morgan fingerprint density at radius 2 is 0.730 bits per heavy atom. The summed E-state index contributed by atoms with van der Waals surface area (Å²) >= 11 is 0. The van der Waals surface area contributed by atoms with Gasteiger partial charge in [0, 0.05) is 10.8 Å². The molecular weight excluding hydrogens is 444 g/mol. The first-order chi connectivity index (χ1) is 18.1. The van der Waals surface area contributed by atoms with Gasteiger partial charge in [-0.1, -0.05) is 121 Å². The highest BCUT2D eigenvalue weighted by Gasteiger charge is 2.59. The average Bonchev–Trinajstić information content (AvgIpc) is 3.59. The van der Waals surface area contributed by atoms with Crippen LogP contribution in [0.1, 0.15) is 74.6 Å². The van der Waals surface area contributed by atoms with Crippen molar-refractivity contribution >= 4 is 0 Å². The Balaban J connectivity index is 1.52.